The van der Waals surface area contributed by atoms with Crippen LogP contribution in [-0.4, -0.2) is 52.4 Å². The molecule has 3 heterocycles. The monoisotopic (exact) mass is 310 g/mol. The molecule has 108 valence electrons. The van der Waals surface area contributed by atoms with Crippen LogP contribution in [0.15, 0.2) is 23.4 Å². The Morgan fingerprint density at radius 2 is 2.30 bits per heavy atom. The van der Waals surface area contributed by atoms with E-state index in [4.69, 9.17) is 4.74 Å². The predicted octanol–water partition coefficient (Wildman–Crippen LogP) is 2.50. The Kier molecular flexibility index (Phi) is 4.23. The van der Waals surface area contributed by atoms with Gasteiger partial charge in [0.2, 0.25) is 0 Å². The van der Waals surface area contributed by atoms with Crippen LogP contribution >= 0.6 is 23.5 Å². The van der Waals surface area contributed by atoms with E-state index >= 15 is 0 Å². The molecule has 1 aromatic rings. The molecule has 0 aliphatic carbocycles. The number of carbonyl (C=O) groups excluding carboxylic acids is 1. The zero-order valence-corrected chi connectivity index (χ0v) is 13.1. The fourth-order valence-electron chi connectivity index (χ4n) is 2.72. The zero-order valence-electron chi connectivity index (χ0n) is 11.5. The summed E-state index contributed by atoms with van der Waals surface area (Å²) in [5.41, 5.74) is 0.718. The molecular formula is C14H18N2O2S2. The van der Waals surface area contributed by atoms with Gasteiger partial charge in [-0.15, -0.1) is 23.5 Å². The molecule has 2 aliphatic heterocycles. The summed E-state index contributed by atoms with van der Waals surface area (Å²) >= 11 is 3.43. The van der Waals surface area contributed by atoms with Crippen molar-refractivity contribution in [1.82, 2.24) is 9.88 Å². The Hall–Kier alpha value is -0.720. The van der Waals surface area contributed by atoms with Crippen molar-refractivity contribution >= 4 is 29.4 Å². The molecule has 0 bridgehead atoms. The van der Waals surface area contributed by atoms with Crippen LogP contribution in [0.5, 0.6) is 0 Å². The first-order chi connectivity index (χ1) is 9.74. The van der Waals surface area contributed by atoms with Gasteiger partial charge in [-0.25, -0.2) is 4.98 Å². The quantitative estimate of drug-likeness (QED) is 0.785. The first-order valence-electron chi connectivity index (χ1n) is 6.80. The third-order valence-electron chi connectivity index (χ3n) is 3.82. The van der Waals surface area contributed by atoms with Crippen LogP contribution < -0.4 is 0 Å². The van der Waals surface area contributed by atoms with Crippen molar-refractivity contribution in [3.8, 4) is 0 Å². The third-order valence-corrected chi connectivity index (χ3v) is 5.96. The molecule has 1 aromatic heterocycles. The van der Waals surface area contributed by atoms with Gasteiger partial charge in [-0.1, -0.05) is 0 Å². The highest BCUT2D eigenvalue weighted by molar-refractivity contribution is 8.00. The van der Waals surface area contributed by atoms with Crippen molar-refractivity contribution in [3.63, 3.8) is 0 Å². The van der Waals surface area contributed by atoms with Crippen LogP contribution in [0.1, 0.15) is 23.2 Å². The van der Waals surface area contributed by atoms with Gasteiger partial charge in [-0.3, -0.25) is 4.79 Å². The molecule has 2 aliphatic rings. The van der Waals surface area contributed by atoms with Crippen LogP contribution in [0.3, 0.4) is 0 Å². The number of amides is 1. The number of carbonyl (C=O) groups is 1. The summed E-state index contributed by atoms with van der Waals surface area (Å²) in [6.07, 6.45) is 5.54. The van der Waals surface area contributed by atoms with E-state index in [0.717, 1.165) is 48.9 Å². The van der Waals surface area contributed by atoms with Gasteiger partial charge in [-0.2, -0.15) is 0 Å². The van der Waals surface area contributed by atoms with Crippen LogP contribution in [-0.2, 0) is 4.74 Å². The molecule has 0 atom stereocenters. The molecule has 20 heavy (non-hydrogen) atoms. The van der Waals surface area contributed by atoms with Gasteiger partial charge in [0.25, 0.3) is 5.91 Å². The number of hydrogen-bond acceptors (Lipinski definition) is 5. The fraction of sp³-hybridized carbons (Fsp3) is 0.571. The second-order valence-corrected chi connectivity index (χ2v) is 7.20. The van der Waals surface area contributed by atoms with E-state index in [9.17, 15) is 4.79 Å². The van der Waals surface area contributed by atoms with Crippen molar-refractivity contribution in [2.45, 2.75) is 22.8 Å². The average molecular weight is 310 g/mol. The second kappa shape index (κ2) is 5.95. The molecule has 4 nitrogen and oxygen atoms in total. The summed E-state index contributed by atoms with van der Waals surface area (Å²) in [6, 6.07) is 3.70. The molecule has 0 N–H and O–H groups in total. The van der Waals surface area contributed by atoms with Crippen molar-refractivity contribution < 1.29 is 9.53 Å². The smallest absolute Gasteiger partial charge is 0.256 e. The molecule has 0 saturated carbocycles. The second-order valence-electron chi connectivity index (χ2n) is 4.96. The molecule has 1 spiro atoms. The van der Waals surface area contributed by atoms with Gasteiger partial charge >= 0.3 is 0 Å². The maximum Gasteiger partial charge on any atom is 0.256 e. The van der Waals surface area contributed by atoms with E-state index in [1.807, 2.05) is 35.1 Å². The summed E-state index contributed by atoms with van der Waals surface area (Å²) in [7, 11) is 0. The van der Waals surface area contributed by atoms with E-state index in [1.54, 1.807) is 6.20 Å². The topological polar surface area (TPSA) is 42.4 Å². The highest BCUT2D eigenvalue weighted by atomic mass is 32.2. The molecule has 2 saturated heterocycles. The Morgan fingerprint density at radius 1 is 1.50 bits per heavy atom. The van der Waals surface area contributed by atoms with Gasteiger partial charge in [0.1, 0.15) is 9.96 Å². The molecule has 2 fully saturated rings. The van der Waals surface area contributed by atoms with Crippen LogP contribution in [0.25, 0.3) is 0 Å². The maximum atomic E-state index is 12.6. The molecule has 0 aromatic carbocycles. The third kappa shape index (κ3) is 2.69. The summed E-state index contributed by atoms with van der Waals surface area (Å²) in [4.78, 5) is 18.8. The largest absolute Gasteiger partial charge is 0.363 e. The van der Waals surface area contributed by atoms with E-state index in [-0.39, 0.29) is 10.8 Å². The number of likely N-dealkylation sites (tertiary alicyclic amines) is 1. The number of rotatable bonds is 2. The average Bonchev–Trinajstić information content (AvgIpc) is 2.95. The predicted molar refractivity (Wildman–Crippen MR) is 82.3 cm³/mol. The molecular weight excluding hydrogens is 292 g/mol. The lowest BCUT2D eigenvalue weighted by Crippen LogP contribution is -2.45. The minimum atomic E-state index is -0.0198. The lowest BCUT2D eigenvalue weighted by atomic mass is 10.1. The van der Waals surface area contributed by atoms with E-state index in [1.165, 1.54) is 11.8 Å². The van der Waals surface area contributed by atoms with Crippen LogP contribution in [0, 0.1) is 0 Å². The molecule has 1 amide bonds. The summed E-state index contributed by atoms with van der Waals surface area (Å²) < 4.78 is 5.87. The minimum Gasteiger partial charge on any atom is -0.363 e. The number of hydrogen-bond donors (Lipinski definition) is 0. The number of ether oxygens (including phenoxy) is 1. The van der Waals surface area contributed by atoms with Gasteiger partial charge < -0.3 is 9.64 Å². The zero-order chi connectivity index (χ0) is 14.0. The normalized spacial score (nSPS) is 21.4. The highest BCUT2D eigenvalue weighted by Crippen LogP contribution is 2.41. The first kappa shape index (κ1) is 14.2. The van der Waals surface area contributed by atoms with Gasteiger partial charge in [0.05, 0.1) is 12.2 Å². The Balaban J connectivity index is 1.70. The number of thioether (sulfide) groups is 2. The number of aromatic nitrogens is 1. The summed E-state index contributed by atoms with van der Waals surface area (Å²) in [5, 5.41) is 0.810. The van der Waals surface area contributed by atoms with Crippen molar-refractivity contribution in [2.24, 2.45) is 0 Å². The first-order valence-corrected chi connectivity index (χ1v) is 9.01. The van der Waals surface area contributed by atoms with Gasteiger partial charge in [0, 0.05) is 37.9 Å². The van der Waals surface area contributed by atoms with E-state index in [0.29, 0.717) is 0 Å². The number of piperidine rings is 1. The van der Waals surface area contributed by atoms with Crippen molar-refractivity contribution in [3.05, 3.63) is 23.9 Å². The fourth-order valence-corrected chi connectivity index (χ4v) is 4.44. The molecule has 3 rings (SSSR count). The van der Waals surface area contributed by atoms with Gasteiger partial charge in [-0.05, 0) is 18.4 Å². The lowest BCUT2D eigenvalue weighted by molar-refractivity contribution is 0.00342. The van der Waals surface area contributed by atoms with Crippen LogP contribution in [0.2, 0.25) is 0 Å². The van der Waals surface area contributed by atoms with Crippen molar-refractivity contribution in [2.75, 3.05) is 31.7 Å². The number of nitrogens with zero attached hydrogens (tertiary/aromatic N) is 2. The summed E-state index contributed by atoms with van der Waals surface area (Å²) in [5.74, 6) is 1.17. The van der Waals surface area contributed by atoms with Gasteiger partial charge in [0.15, 0.2) is 0 Å². The SMILES string of the molecule is CSc1ncccc1C(=O)N1CCC2(CC1)OCCS2. The molecule has 0 radical (unpaired) electrons. The standard InChI is InChI=1S/C14H18N2O2S2/c1-19-12-11(3-2-6-15-12)13(17)16-7-4-14(5-8-16)18-9-10-20-14/h2-3,6H,4-5,7-10H2,1H3. The Labute approximate surface area is 127 Å². The maximum absolute atomic E-state index is 12.6. The highest BCUT2D eigenvalue weighted by Gasteiger charge is 2.40. The minimum absolute atomic E-state index is 0.0198. The Bertz CT molecular complexity index is 494. The van der Waals surface area contributed by atoms with E-state index < -0.39 is 0 Å². The lowest BCUT2D eigenvalue weighted by Gasteiger charge is -2.37. The van der Waals surface area contributed by atoms with E-state index in [2.05, 4.69) is 4.98 Å². The van der Waals surface area contributed by atoms with Crippen LogP contribution in [0.4, 0.5) is 0 Å². The van der Waals surface area contributed by atoms with Crippen molar-refractivity contribution in [1.29, 1.82) is 0 Å². The Morgan fingerprint density at radius 3 is 2.95 bits per heavy atom. The molecule has 6 heteroatoms. The number of pyridine rings is 1. The molecule has 0 unspecified atom stereocenters. The summed E-state index contributed by atoms with van der Waals surface area (Å²) in [6.45, 7) is 2.39.